The molecular weight excluding hydrogens is 266 g/mol. The quantitative estimate of drug-likeness (QED) is 0.887. The van der Waals surface area contributed by atoms with E-state index in [9.17, 15) is 0 Å². The molecule has 1 aromatic carbocycles. The first kappa shape index (κ1) is 13.8. The Kier molecular flexibility index (Phi) is 4.28. The molecule has 3 rings (SSSR count). The van der Waals surface area contributed by atoms with Gasteiger partial charge in [-0.1, -0.05) is 13.0 Å². The molecule has 0 amide bonds. The van der Waals surface area contributed by atoms with Gasteiger partial charge < -0.3 is 19.4 Å². The molecule has 0 spiro atoms. The zero-order valence-corrected chi connectivity index (χ0v) is 12.3. The van der Waals surface area contributed by atoms with Crippen LogP contribution in [0.25, 0.3) is 0 Å². The lowest BCUT2D eigenvalue weighted by Gasteiger charge is -2.19. The van der Waals surface area contributed by atoms with Gasteiger partial charge in [0.05, 0.1) is 0 Å². The molecule has 0 saturated heterocycles. The van der Waals surface area contributed by atoms with Crippen molar-refractivity contribution in [2.75, 3.05) is 25.1 Å². The lowest BCUT2D eigenvalue weighted by Crippen LogP contribution is -2.15. The summed E-state index contributed by atoms with van der Waals surface area (Å²) in [4.78, 5) is 4.34. The second-order valence-corrected chi connectivity index (χ2v) is 5.10. The number of hydrogen-bond donors (Lipinski definition) is 1. The third kappa shape index (κ3) is 3.29. The summed E-state index contributed by atoms with van der Waals surface area (Å²) in [5.41, 5.74) is 1.24. The van der Waals surface area contributed by atoms with Crippen molar-refractivity contribution in [3.63, 3.8) is 0 Å². The largest absolute Gasteiger partial charge is 0.486 e. The summed E-state index contributed by atoms with van der Waals surface area (Å²) >= 11 is 0. The van der Waals surface area contributed by atoms with Crippen molar-refractivity contribution in [3.05, 3.63) is 36.2 Å². The molecule has 2 aromatic rings. The van der Waals surface area contributed by atoms with Crippen molar-refractivity contribution in [1.29, 1.82) is 0 Å². The highest BCUT2D eigenvalue weighted by Crippen LogP contribution is 2.30. The van der Waals surface area contributed by atoms with E-state index < -0.39 is 0 Å². The van der Waals surface area contributed by atoms with Crippen molar-refractivity contribution in [2.45, 2.75) is 26.3 Å². The molecule has 0 fully saturated rings. The number of fused-ring (bicyclic) bond motifs is 1. The molecular formula is C16H21N3O2. The van der Waals surface area contributed by atoms with Gasteiger partial charge in [0.25, 0.3) is 0 Å². The van der Waals surface area contributed by atoms with Gasteiger partial charge in [0, 0.05) is 25.5 Å². The number of ether oxygens (including phenoxy) is 2. The zero-order valence-electron chi connectivity index (χ0n) is 12.3. The smallest absolute Gasteiger partial charge is 0.202 e. The van der Waals surface area contributed by atoms with Crippen molar-refractivity contribution in [2.24, 2.45) is 0 Å². The number of aromatic nitrogens is 2. The highest BCUT2D eigenvalue weighted by atomic mass is 16.6. The SMILES string of the molecule is CCCn1ccnc1NCCc1ccc2c(c1)OCCO2. The highest BCUT2D eigenvalue weighted by Gasteiger charge is 2.11. The van der Waals surface area contributed by atoms with Gasteiger partial charge in [-0.15, -0.1) is 0 Å². The summed E-state index contributed by atoms with van der Waals surface area (Å²) in [6.45, 7) is 5.27. The minimum absolute atomic E-state index is 0.628. The number of anilines is 1. The standard InChI is InChI=1S/C16H21N3O2/c1-2-8-19-9-7-18-16(19)17-6-5-13-3-4-14-15(12-13)21-11-10-20-14/h3-4,7,9,12H,2,5-6,8,10-11H2,1H3,(H,17,18). The van der Waals surface area contributed by atoms with Crippen molar-refractivity contribution in [3.8, 4) is 11.5 Å². The molecule has 0 atom stereocenters. The van der Waals surface area contributed by atoms with Crippen LogP contribution in [-0.2, 0) is 13.0 Å². The predicted molar refractivity (Wildman–Crippen MR) is 82.1 cm³/mol. The summed E-state index contributed by atoms with van der Waals surface area (Å²) in [7, 11) is 0. The fourth-order valence-electron chi connectivity index (χ4n) is 2.46. The molecule has 0 saturated carbocycles. The zero-order chi connectivity index (χ0) is 14.5. The molecule has 1 aliphatic rings. The number of hydrogen-bond acceptors (Lipinski definition) is 4. The van der Waals surface area contributed by atoms with Gasteiger partial charge >= 0.3 is 0 Å². The number of rotatable bonds is 6. The normalized spacial score (nSPS) is 13.2. The van der Waals surface area contributed by atoms with Crippen LogP contribution in [0.2, 0.25) is 0 Å². The van der Waals surface area contributed by atoms with Crippen LogP contribution in [0.3, 0.4) is 0 Å². The molecule has 0 unspecified atom stereocenters. The van der Waals surface area contributed by atoms with E-state index in [2.05, 4.69) is 33.9 Å². The Bertz CT molecular complexity index is 595. The van der Waals surface area contributed by atoms with Gasteiger partial charge in [0.1, 0.15) is 13.2 Å². The summed E-state index contributed by atoms with van der Waals surface area (Å²) in [5.74, 6) is 2.64. The Morgan fingerprint density at radius 3 is 2.95 bits per heavy atom. The molecule has 0 bridgehead atoms. The van der Waals surface area contributed by atoms with Crippen LogP contribution < -0.4 is 14.8 Å². The molecule has 112 valence electrons. The number of imidazole rings is 1. The van der Waals surface area contributed by atoms with Gasteiger partial charge in [-0.05, 0) is 30.5 Å². The predicted octanol–water partition coefficient (Wildman–Crippen LogP) is 2.72. The van der Waals surface area contributed by atoms with Crippen molar-refractivity contribution < 1.29 is 9.47 Å². The van der Waals surface area contributed by atoms with E-state index in [1.807, 2.05) is 18.5 Å². The summed E-state index contributed by atoms with van der Waals surface area (Å²) < 4.78 is 13.3. The van der Waals surface area contributed by atoms with E-state index in [-0.39, 0.29) is 0 Å². The van der Waals surface area contributed by atoms with E-state index in [1.165, 1.54) is 5.56 Å². The van der Waals surface area contributed by atoms with Crippen LogP contribution in [0.5, 0.6) is 11.5 Å². The second-order valence-electron chi connectivity index (χ2n) is 5.10. The van der Waals surface area contributed by atoms with Crippen LogP contribution in [0, 0.1) is 0 Å². The topological polar surface area (TPSA) is 48.3 Å². The minimum atomic E-state index is 0.628. The molecule has 5 nitrogen and oxygen atoms in total. The van der Waals surface area contributed by atoms with E-state index >= 15 is 0 Å². The van der Waals surface area contributed by atoms with Gasteiger partial charge in [-0.3, -0.25) is 0 Å². The van der Waals surface area contributed by atoms with E-state index in [0.717, 1.165) is 43.4 Å². The number of aryl methyl sites for hydroxylation is 1. The molecule has 5 heteroatoms. The highest BCUT2D eigenvalue weighted by molar-refractivity contribution is 5.44. The average molecular weight is 287 g/mol. The Hall–Kier alpha value is -2.17. The van der Waals surface area contributed by atoms with E-state index in [0.29, 0.717) is 13.2 Å². The Labute approximate surface area is 124 Å². The average Bonchev–Trinajstić information content (AvgIpc) is 2.95. The van der Waals surface area contributed by atoms with Gasteiger partial charge in [0.15, 0.2) is 11.5 Å². The first-order valence-corrected chi connectivity index (χ1v) is 7.50. The van der Waals surface area contributed by atoms with Crippen LogP contribution in [-0.4, -0.2) is 29.3 Å². The second kappa shape index (κ2) is 6.52. The molecule has 21 heavy (non-hydrogen) atoms. The fraction of sp³-hybridized carbons (Fsp3) is 0.438. The Morgan fingerprint density at radius 2 is 2.10 bits per heavy atom. The summed E-state index contributed by atoms with van der Waals surface area (Å²) in [6.07, 6.45) is 5.88. The molecule has 1 aromatic heterocycles. The molecule has 0 aliphatic carbocycles. The monoisotopic (exact) mass is 287 g/mol. The van der Waals surface area contributed by atoms with Gasteiger partial charge in [-0.2, -0.15) is 0 Å². The third-order valence-electron chi connectivity index (χ3n) is 3.48. The van der Waals surface area contributed by atoms with Crippen molar-refractivity contribution >= 4 is 5.95 Å². The summed E-state index contributed by atoms with van der Waals surface area (Å²) in [6, 6.07) is 6.14. The maximum absolute atomic E-state index is 5.61. The maximum Gasteiger partial charge on any atom is 0.202 e. The Morgan fingerprint density at radius 1 is 1.24 bits per heavy atom. The molecule has 1 aliphatic heterocycles. The molecule has 2 heterocycles. The fourth-order valence-corrected chi connectivity index (χ4v) is 2.46. The van der Waals surface area contributed by atoms with Crippen molar-refractivity contribution in [1.82, 2.24) is 9.55 Å². The number of nitrogens with one attached hydrogen (secondary N) is 1. The lowest BCUT2D eigenvalue weighted by atomic mass is 10.1. The number of nitrogens with zero attached hydrogens (tertiary/aromatic N) is 2. The van der Waals surface area contributed by atoms with Gasteiger partial charge in [-0.25, -0.2) is 4.98 Å². The van der Waals surface area contributed by atoms with Crippen LogP contribution in [0.4, 0.5) is 5.95 Å². The molecule has 1 N–H and O–H groups in total. The Balaban J connectivity index is 1.56. The third-order valence-corrected chi connectivity index (χ3v) is 3.48. The van der Waals surface area contributed by atoms with Crippen LogP contribution in [0.1, 0.15) is 18.9 Å². The lowest BCUT2D eigenvalue weighted by molar-refractivity contribution is 0.171. The van der Waals surface area contributed by atoms with Gasteiger partial charge in [0.2, 0.25) is 5.95 Å². The first-order valence-electron chi connectivity index (χ1n) is 7.50. The summed E-state index contributed by atoms with van der Waals surface area (Å²) in [5, 5.41) is 3.39. The maximum atomic E-state index is 5.61. The van der Waals surface area contributed by atoms with E-state index in [4.69, 9.17) is 9.47 Å². The first-order chi connectivity index (χ1) is 10.4. The number of benzene rings is 1. The minimum Gasteiger partial charge on any atom is -0.486 e. The molecule has 0 radical (unpaired) electrons. The van der Waals surface area contributed by atoms with Crippen LogP contribution >= 0.6 is 0 Å². The van der Waals surface area contributed by atoms with E-state index in [1.54, 1.807) is 0 Å². The van der Waals surface area contributed by atoms with Crippen LogP contribution in [0.15, 0.2) is 30.6 Å².